The van der Waals surface area contributed by atoms with E-state index < -0.39 is 5.82 Å². The van der Waals surface area contributed by atoms with Crippen LogP contribution in [-0.4, -0.2) is 6.61 Å². The molecule has 94 valence electrons. The van der Waals surface area contributed by atoms with Crippen LogP contribution in [0.3, 0.4) is 0 Å². The average molecular weight is 248 g/mol. The molecular formula is C15H14F2O. The van der Waals surface area contributed by atoms with Gasteiger partial charge in [-0.2, -0.15) is 0 Å². The van der Waals surface area contributed by atoms with E-state index in [4.69, 9.17) is 4.74 Å². The Hall–Kier alpha value is -1.90. The van der Waals surface area contributed by atoms with E-state index in [1.54, 1.807) is 38.1 Å². The first-order chi connectivity index (χ1) is 8.61. The Morgan fingerprint density at radius 2 is 1.56 bits per heavy atom. The second kappa shape index (κ2) is 5.17. The van der Waals surface area contributed by atoms with Gasteiger partial charge in [0.25, 0.3) is 0 Å². The lowest BCUT2D eigenvalue weighted by Gasteiger charge is -2.07. The van der Waals surface area contributed by atoms with Crippen molar-refractivity contribution in [3.63, 3.8) is 0 Å². The lowest BCUT2D eigenvalue weighted by atomic mass is 10.0. The molecule has 0 spiro atoms. The predicted octanol–water partition coefficient (Wildman–Crippen LogP) is 4.34. The Balaban J connectivity index is 2.39. The van der Waals surface area contributed by atoms with E-state index in [2.05, 4.69) is 0 Å². The molecule has 0 aliphatic heterocycles. The van der Waals surface area contributed by atoms with Crippen LogP contribution in [0.2, 0.25) is 0 Å². The van der Waals surface area contributed by atoms with E-state index >= 15 is 0 Å². The molecular weight excluding hydrogens is 234 g/mol. The van der Waals surface area contributed by atoms with Crippen LogP contribution >= 0.6 is 0 Å². The van der Waals surface area contributed by atoms with E-state index in [1.165, 1.54) is 12.1 Å². The van der Waals surface area contributed by atoms with Gasteiger partial charge < -0.3 is 4.74 Å². The molecule has 0 aliphatic carbocycles. The zero-order chi connectivity index (χ0) is 13.1. The standard InChI is InChI=1S/C15H14F2O/c1-3-18-15-7-6-12(9-14(15)17)11-5-4-10(2)13(16)8-11/h4-9H,3H2,1-2H3. The van der Waals surface area contributed by atoms with Crippen molar-refractivity contribution >= 4 is 0 Å². The molecule has 2 aromatic rings. The van der Waals surface area contributed by atoms with Crippen molar-refractivity contribution < 1.29 is 13.5 Å². The minimum absolute atomic E-state index is 0.217. The highest BCUT2D eigenvalue weighted by molar-refractivity contribution is 5.64. The second-order valence-electron chi connectivity index (χ2n) is 4.04. The van der Waals surface area contributed by atoms with Crippen molar-refractivity contribution in [3.8, 4) is 16.9 Å². The first-order valence-electron chi connectivity index (χ1n) is 5.80. The van der Waals surface area contributed by atoms with Gasteiger partial charge in [-0.05, 0) is 48.7 Å². The van der Waals surface area contributed by atoms with Crippen LogP contribution in [0.1, 0.15) is 12.5 Å². The van der Waals surface area contributed by atoms with Gasteiger partial charge in [0.15, 0.2) is 11.6 Å². The number of rotatable bonds is 3. The molecule has 0 aliphatic rings. The Morgan fingerprint density at radius 1 is 0.944 bits per heavy atom. The quantitative estimate of drug-likeness (QED) is 0.785. The van der Waals surface area contributed by atoms with Gasteiger partial charge in [-0.1, -0.05) is 18.2 Å². The molecule has 2 aromatic carbocycles. The molecule has 0 aromatic heterocycles. The topological polar surface area (TPSA) is 9.23 Å². The summed E-state index contributed by atoms with van der Waals surface area (Å²) in [5.41, 5.74) is 1.86. The fourth-order valence-corrected chi connectivity index (χ4v) is 1.73. The molecule has 0 amide bonds. The normalized spacial score (nSPS) is 10.4. The Morgan fingerprint density at radius 3 is 2.11 bits per heavy atom. The van der Waals surface area contributed by atoms with Crippen molar-refractivity contribution in [2.24, 2.45) is 0 Å². The molecule has 0 radical (unpaired) electrons. The van der Waals surface area contributed by atoms with Crippen LogP contribution in [0.4, 0.5) is 8.78 Å². The zero-order valence-electron chi connectivity index (χ0n) is 10.3. The average Bonchev–Trinajstić information content (AvgIpc) is 2.35. The molecule has 0 atom stereocenters. The van der Waals surface area contributed by atoms with Crippen LogP contribution in [0, 0.1) is 18.6 Å². The fraction of sp³-hybridized carbons (Fsp3) is 0.200. The van der Waals surface area contributed by atoms with Gasteiger partial charge in [-0.25, -0.2) is 8.78 Å². The molecule has 0 saturated heterocycles. The molecule has 0 bridgehead atoms. The number of ether oxygens (including phenoxy) is 1. The molecule has 2 rings (SSSR count). The SMILES string of the molecule is CCOc1ccc(-c2ccc(C)c(F)c2)cc1F. The van der Waals surface area contributed by atoms with Crippen molar-refractivity contribution in [3.05, 3.63) is 53.6 Å². The summed E-state index contributed by atoms with van der Waals surface area (Å²) < 4.78 is 32.3. The minimum Gasteiger partial charge on any atom is -0.491 e. The second-order valence-corrected chi connectivity index (χ2v) is 4.04. The van der Waals surface area contributed by atoms with E-state index in [0.29, 0.717) is 23.3 Å². The molecule has 0 fully saturated rings. The first-order valence-corrected chi connectivity index (χ1v) is 5.80. The molecule has 0 heterocycles. The highest BCUT2D eigenvalue weighted by Crippen LogP contribution is 2.26. The van der Waals surface area contributed by atoms with Gasteiger partial charge >= 0.3 is 0 Å². The lowest BCUT2D eigenvalue weighted by Crippen LogP contribution is -1.94. The summed E-state index contributed by atoms with van der Waals surface area (Å²) in [5.74, 6) is -0.508. The smallest absolute Gasteiger partial charge is 0.165 e. The largest absolute Gasteiger partial charge is 0.491 e. The summed E-state index contributed by atoms with van der Waals surface area (Å²) in [6, 6.07) is 9.50. The number of benzene rings is 2. The summed E-state index contributed by atoms with van der Waals surface area (Å²) in [4.78, 5) is 0. The third-order valence-electron chi connectivity index (χ3n) is 2.74. The summed E-state index contributed by atoms with van der Waals surface area (Å²) in [6.45, 7) is 3.90. The molecule has 0 unspecified atom stereocenters. The van der Waals surface area contributed by atoms with Crippen LogP contribution in [0.5, 0.6) is 5.75 Å². The summed E-state index contributed by atoms with van der Waals surface area (Å²) >= 11 is 0. The van der Waals surface area contributed by atoms with E-state index in [0.717, 1.165) is 0 Å². The predicted molar refractivity (Wildman–Crippen MR) is 67.7 cm³/mol. The maximum atomic E-state index is 13.7. The van der Waals surface area contributed by atoms with Crippen molar-refractivity contribution in [1.82, 2.24) is 0 Å². The third-order valence-corrected chi connectivity index (χ3v) is 2.74. The zero-order valence-corrected chi connectivity index (χ0v) is 10.3. The molecule has 3 heteroatoms. The van der Waals surface area contributed by atoms with Gasteiger partial charge in [0.2, 0.25) is 0 Å². The van der Waals surface area contributed by atoms with Gasteiger partial charge in [0.05, 0.1) is 6.61 Å². The van der Waals surface area contributed by atoms with E-state index in [-0.39, 0.29) is 11.6 Å². The van der Waals surface area contributed by atoms with E-state index in [1.807, 2.05) is 0 Å². The number of hydrogen-bond acceptors (Lipinski definition) is 1. The van der Waals surface area contributed by atoms with Crippen LogP contribution < -0.4 is 4.74 Å². The summed E-state index contributed by atoms with van der Waals surface area (Å²) in [7, 11) is 0. The van der Waals surface area contributed by atoms with Gasteiger partial charge in [-0.15, -0.1) is 0 Å². The van der Waals surface area contributed by atoms with Crippen LogP contribution in [0.15, 0.2) is 36.4 Å². The Labute approximate surface area is 105 Å². The summed E-state index contributed by atoms with van der Waals surface area (Å²) in [5, 5.41) is 0. The molecule has 0 saturated carbocycles. The first kappa shape index (κ1) is 12.6. The monoisotopic (exact) mass is 248 g/mol. The third kappa shape index (κ3) is 2.50. The van der Waals surface area contributed by atoms with E-state index in [9.17, 15) is 8.78 Å². The number of aryl methyl sites for hydroxylation is 1. The van der Waals surface area contributed by atoms with Gasteiger partial charge in [0, 0.05) is 0 Å². The van der Waals surface area contributed by atoms with Crippen LogP contribution in [-0.2, 0) is 0 Å². The minimum atomic E-state index is -0.435. The highest BCUT2D eigenvalue weighted by atomic mass is 19.1. The van der Waals surface area contributed by atoms with Crippen LogP contribution in [0.25, 0.3) is 11.1 Å². The van der Waals surface area contributed by atoms with Crippen molar-refractivity contribution in [2.75, 3.05) is 6.61 Å². The van der Waals surface area contributed by atoms with Gasteiger partial charge in [0.1, 0.15) is 5.82 Å². The molecule has 0 N–H and O–H groups in total. The number of halogens is 2. The molecule has 18 heavy (non-hydrogen) atoms. The Kier molecular flexibility index (Phi) is 3.60. The molecule has 1 nitrogen and oxygen atoms in total. The fourth-order valence-electron chi connectivity index (χ4n) is 1.73. The van der Waals surface area contributed by atoms with Crippen molar-refractivity contribution in [1.29, 1.82) is 0 Å². The maximum absolute atomic E-state index is 13.7. The van der Waals surface area contributed by atoms with Gasteiger partial charge in [-0.3, -0.25) is 0 Å². The maximum Gasteiger partial charge on any atom is 0.165 e. The van der Waals surface area contributed by atoms with Crippen molar-refractivity contribution in [2.45, 2.75) is 13.8 Å². The highest BCUT2D eigenvalue weighted by Gasteiger charge is 2.07. The Bertz CT molecular complexity index is 564. The lowest BCUT2D eigenvalue weighted by molar-refractivity contribution is 0.321. The number of hydrogen-bond donors (Lipinski definition) is 0. The summed E-state index contributed by atoms with van der Waals surface area (Å²) in [6.07, 6.45) is 0.